The van der Waals surface area contributed by atoms with Gasteiger partial charge in [0.15, 0.2) is 0 Å². The van der Waals surface area contributed by atoms with Gasteiger partial charge in [0.25, 0.3) is 0 Å². The molecular formula is C19H30ClN3O3S. The molecule has 27 heavy (non-hydrogen) atoms. The molecule has 1 aromatic carbocycles. The summed E-state index contributed by atoms with van der Waals surface area (Å²) >= 11 is 0. The van der Waals surface area contributed by atoms with Gasteiger partial charge in [0.2, 0.25) is 15.9 Å². The first-order valence-corrected chi connectivity index (χ1v) is 11.0. The van der Waals surface area contributed by atoms with E-state index in [1.54, 1.807) is 30.3 Å². The number of piperidine rings is 1. The third-order valence-electron chi connectivity index (χ3n) is 5.57. The molecule has 0 aromatic heterocycles. The van der Waals surface area contributed by atoms with Crippen LogP contribution in [0.5, 0.6) is 0 Å². The lowest BCUT2D eigenvalue weighted by atomic mass is 9.93. The highest BCUT2D eigenvalue weighted by Crippen LogP contribution is 2.29. The van der Waals surface area contributed by atoms with Crippen LogP contribution in [0.2, 0.25) is 0 Å². The molecule has 2 heterocycles. The number of halogens is 1. The second kappa shape index (κ2) is 9.87. The topological polar surface area (TPSA) is 69.7 Å². The second-order valence-corrected chi connectivity index (χ2v) is 9.14. The predicted octanol–water partition coefficient (Wildman–Crippen LogP) is 2.11. The van der Waals surface area contributed by atoms with E-state index in [0.29, 0.717) is 18.9 Å². The lowest BCUT2D eigenvalue weighted by Crippen LogP contribution is -2.50. The van der Waals surface area contributed by atoms with Crippen LogP contribution >= 0.6 is 12.4 Å². The first-order chi connectivity index (χ1) is 12.5. The summed E-state index contributed by atoms with van der Waals surface area (Å²) in [6.07, 6.45) is 4.50. The van der Waals surface area contributed by atoms with Gasteiger partial charge in [0, 0.05) is 19.6 Å². The number of benzene rings is 1. The van der Waals surface area contributed by atoms with Gasteiger partial charge in [-0.25, -0.2) is 8.42 Å². The molecule has 0 radical (unpaired) electrons. The Labute approximate surface area is 168 Å². The van der Waals surface area contributed by atoms with Crippen molar-refractivity contribution in [1.82, 2.24) is 14.5 Å². The molecule has 0 aliphatic carbocycles. The van der Waals surface area contributed by atoms with Crippen LogP contribution < -0.4 is 5.32 Å². The summed E-state index contributed by atoms with van der Waals surface area (Å²) < 4.78 is 27.3. The van der Waals surface area contributed by atoms with Crippen molar-refractivity contribution in [2.24, 2.45) is 5.92 Å². The lowest BCUT2D eigenvalue weighted by molar-refractivity contribution is -0.136. The number of likely N-dealkylation sites (tertiary alicyclic amines) is 1. The fourth-order valence-corrected chi connectivity index (χ4v) is 5.68. The van der Waals surface area contributed by atoms with Crippen LogP contribution in [0, 0.1) is 5.92 Å². The van der Waals surface area contributed by atoms with Crippen molar-refractivity contribution in [3.8, 4) is 0 Å². The van der Waals surface area contributed by atoms with Crippen molar-refractivity contribution in [2.45, 2.75) is 43.0 Å². The molecule has 8 heteroatoms. The van der Waals surface area contributed by atoms with Crippen molar-refractivity contribution in [3.05, 3.63) is 30.3 Å². The number of amides is 1. The van der Waals surface area contributed by atoms with E-state index < -0.39 is 16.1 Å². The number of carbonyl (C=O) groups excluding carboxylic acids is 1. The minimum atomic E-state index is -3.62. The second-order valence-electron chi connectivity index (χ2n) is 7.25. The third-order valence-corrected chi connectivity index (χ3v) is 7.49. The molecule has 0 bridgehead atoms. The number of nitrogens with zero attached hydrogens (tertiary/aromatic N) is 2. The average Bonchev–Trinajstić information content (AvgIpc) is 3.17. The van der Waals surface area contributed by atoms with Gasteiger partial charge in [0.05, 0.1) is 4.90 Å². The summed E-state index contributed by atoms with van der Waals surface area (Å²) in [4.78, 5) is 15.2. The van der Waals surface area contributed by atoms with E-state index in [1.165, 1.54) is 4.31 Å². The highest BCUT2D eigenvalue weighted by Gasteiger charge is 2.41. The van der Waals surface area contributed by atoms with E-state index in [4.69, 9.17) is 0 Å². The molecule has 0 saturated carbocycles. The smallest absolute Gasteiger partial charge is 0.243 e. The van der Waals surface area contributed by atoms with Crippen molar-refractivity contribution < 1.29 is 13.2 Å². The summed E-state index contributed by atoms with van der Waals surface area (Å²) in [5.41, 5.74) is 0. The number of sulfonamides is 1. The Balaban J connectivity index is 0.00000261. The van der Waals surface area contributed by atoms with Crippen LogP contribution in [0.25, 0.3) is 0 Å². The van der Waals surface area contributed by atoms with Crippen molar-refractivity contribution in [1.29, 1.82) is 0 Å². The highest BCUT2D eigenvalue weighted by molar-refractivity contribution is 7.89. The Kier molecular flexibility index (Phi) is 8.09. The minimum Gasteiger partial charge on any atom is -0.341 e. The first-order valence-electron chi connectivity index (χ1n) is 9.54. The maximum absolute atomic E-state index is 13.0. The zero-order valence-corrected chi connectivity index (χ0v) is 17.5. The Bertz CT molecular complexity index is 706. The zero-order chi connectivity index (χ0) is 18.6. The highest BCUT2D eigenvalue weighted by atomic mass is 35.5. The number of rotatable bonds is 6. The molecule has 6 nitrogen and oxygen atoms in total. The van der Waals surface area contributed by atoms with Crippen molar-refractivity contribution >= 4 is 28.3 Å². The lowest BCUT2D eigenvalue weighted by Gasteiger charge is -2.35. The van der Waals surface area contributed by atoms with Crippen LogP contribution in [-0.2, 0) is 14.8 Å². The van der Waals surface area contributed by atoms with Crippen LogP contribution in [-0.4, -0.2) is 62.8 Å². The third kappa shape index (κ3) is 5.02. The van der Waals surface area contributed by atoms with Crippen LogP contribution in [0.3, 0.4) is 0 Å². The number of nitrogens with one attached hydrogen (secondary N) is 1. The molecular weight excluding hydrogens is 386 g/mol. The summed E-state index contributed by atoms with van der Waals surface area (Å²) in [6.45, 7) is 2.91. The normalized spacial score (nSPS) is 21.8. The fraction of sp³-hybridized carbons (Fsp3) is 0.632. The van der Waals surface area contributed by atoms with E-state index in [1.807, 2.05) is 11.9 Å². The molecule has 1 N–H and O–H groups in total. The molecule has 152 valence electrons. The van der Waals surface area contributed by atoms with Gasteiger partial charge in [-0.15, -0.1) is 12.4 Å². The molecule has 2 saturated heterocycles. The van der Waals surface area contributed by atoms with Crippen LogP contribution in [0.4, 0.5) is 0 Å². The van der Waals surface area contributed by atoms with Crippen molar-refractivity contribution in [3.63, 3.8) is 0 Å². The van der Waals surface area contributed by atoms with E-state index in [9.17, 15) is 13.2 Å². The van der Waals surface area contributed by atoms with Crippen LogP contribution in [0.1, 0.15) is 32.1 Å². The first kappa shape index (κ1) is 22.1. The van der Waals surface area contributed by atoms with Gasteiger partial charge in [0.1, 0.15) is 6.04 Å². The van der Waals surface area contributed by atoms with Gasteiger partial charge in [-0.2, -0.15) is 4.31 Å². The molecule has 1 amide bonds. The van der Waals surface area contributed by atoms with Gasteiger partial charge in [-0.3, -0.25) is 4.79 Å². The Morgan fingerprint density at radius 3 is 2.41 bits per heavy atom. The summed E-state index contributed by atoms with van der Waals surface area (Å²) in [5, 5.41) is 3.18. The monoisotopic (exact) mass is 415 g/mol. The molecule has 0 spiro atoms. The molecule has 2 aliphatic rings. The zero-order valence-electron chi connectivity index (χ0n) is 15.8. The predicted molar refractivity (Wildman–Crippen MR) is 108 cm³/mol. The molecule has 2 aliphatic heterocycles. The quantitative estimate of drug-likeness (QED) is 0.772. The standard InChI is InChI=1S/C19H29N3O3S.ClH/c1-20-12-9-16-10-14-21(15-11-16)19(23)18-8-5-13-22(18)26(24,25)17-6-3-2-4-7-17;/h2-4,6-7,16,18,20H,5,8-15H2,1H3;1H. The molecule has 2 fully saturated rings. The molecule has 1 aromatic rings. The summed E-state index contributed by atoms with van der Waals surface area (Å²) in [5.74, 6) is 0.633. The van der Waals surface area contributed by atoms with Crippen LogP contribution in [0.15, 0.2) is 35.2 Å². The van der Waals surface area contributed by atoms with E-state index in [-0.39, 0.29) is 23.2 Å². The van der Waals surface area contributed by atoms with Gasteiger partial charge < -0.3 is 10.2 Å². The van der Waals surface area contributed by atoms with Gasteiger partial charge >= 0.3 is 0 Å². The Morgan fingerprint density at radius 1 is 1.11 bits per heavy atom. The molecule has 3 rings (SSSR count). The van der Waals surface area contributed by atoms with Gasteiger partial charge in [-0.05, 0) is 63.7 Å². The van der Waals surface area contributed by atoms with E-state index in [0.717, 1.165) is 45.3 Å². The van der Waals surface area contributed by atoms with E-state index >= 15 is 0 Å². The summed E-state index contributed by atoms with van der Waals surface area (Å²) in [6, 6.07) is 7.88. The number of hydrogen-bond acceptors (Lipinski definition) is 4. The fourth-order valence-electron chi connectivity index (χ4n) is 4.00. The maximum Gasteiger partial charge on any atom is 0.243 e. The van der Waals surface area contributed by atoms with Gasteiger partial charge in [-0.1, -0.05) is 18.2 Å². The minimum absolute atomic E-state index is 0. The Morgan fingerprint density at radius 2 is 1.78 bits per heavy atom. The molecule has 1 atom stereocenters. The Hall–Kier alpha value is -1.15. The maximum atomic E-state index is 13.0. The molecule has 1 unspecified atom stereocenters. The summed E-state index contributed by atoms with van der Waals surface area (Å²) in [7, 11) is -1.66. The average molecular weight is 416 g/mol. The van der Waals surface area contributed by atoms with Crippen molar-refractivity contribution in [2.75, 3.05) is 33.2 Å². The SMILES string of the molecule is CNCCC1CCN(C(=O)C2CCCN2S(=O)(=O)c2ccccc2)CC1.Cl. The number of carbonyl (C=O) groups is 1. The number of hydrogen-bond donors (Lipinski definition) is 1. The van der Waals surface area contributed by atoms with E-state index in [2.05, 4.69) is 5.32 Å². The largest absolute Gasteiger partial charge is 0.341 e.